The number of hydrogen-bond donors (Lipinski definition) is 1. The molecule has 1 aromatic carbocycles. The van der Waals surface area contributed by atoms with E-state index in [9.17, 15) is 4.79 Å². The molecule has 0 saturated heterocycles. The summed E-state index contributed by atoms with van der Waals surface area (Å²) in [5.41, 5.74) is 4.53. The maximum absolute atomic E-state index is 12.4. The third-order valence-corrected chi connectivity index (χ3v) is 5.06. The quantitative estimate of drug-likeness (QED) is 0.501. The Bertz CT molecular complexity index is 1110. The van der Waals surface area contributed by atoms with Gasteiger partial charge < -0.3 is 14.3 Å². The number of fused-ring (bicyclic) bond motifs is 2. The van der Waals surface area contributed by atoms with Gasteiger partial charge in [0, 0.05) is 37.7 Å². The number of rotatable bonds is 5. The van der Waals surface area contributed by atoms with Crippen molar-refractivity contribution in [2.45, 2.75) is 19.9 Å². The van der Waals surface area contributed by atoms with Gasteiger partial charge in [0.2, 0.25) is 0 Å². The molecule has 26 heavy (non-hydrogen) atoms. The number of benzene rings is 1. The van der Waals surface area contributed by atoms with Gasteiger partial charge >= 0.3 is 0 Å². The minimum Gasteiger partial charge on any atom is -0.448 e. The van der Waals surface area contributed by atoms with Gasteiger partial charge in [-0.25, -0.2) is 0 Å². The third-order valence-electron chi connectivity index (χ3n) is 4.67. The molecule has 0 aliphatic carbocycles. The lowest BCUT2D eigenvalue weighted by Crippen LogP contribution is -2.27. The van der Waals surface area contributed by atoms with Crippen LogP contribution in [0.25, 0.3) is 22.0 Å². The van der Waals surface area contributed by atoms with E-state index >= 15 is 0 Å². The van der Waals surface area contributed by atoms with Crippen molar-refractivity contribution in [3.05, 3.63) is 52.5 Å². The van der Waals surface area contributed by atoms with Gasteiger partial charge in [0.15, 0.2) is 10.3 Å². The molecule has 7 heteroatoms. The number of aryl methyl sites for hydroxylation is 3. The van der Waals surface area contributed by atoms with Crippen LogP contribution in [0.15, 0.2) is 45.6 Å². The highest BCUT2D eigenvalue weighted by molar-refractivity contribution is 9.10. The zero-order valence-electron chi connectivity index (χ0n) is 14.6. The van der Waals surface area contributed by atoms with E-state index < -0.39 is 0 Å². The maximum atomic E-state index is 12.4. The second-order valence-corrected chi connectivity index (χ2v) is 7.16. The van der Waals surface area contributed by atoms with Crippen LogP contribution >= 0.6 is 15.9 Å². The fourth-order valence-corrected chi connectivity index (χ4v) is 3.64. The molecule has 0 saturated carbocycles. The van der Waals surface area contributed by atoms with Gasteiger partial charge in [-0.05, 0) is 40.9 Å². The lowest BCUT2D eigenvalue weighted by Gasteiger charge is -2.07. The molecule has 0 bridgehead atoms. The van der Waals surface area contributed by atoms with Crippen LogP contribution in [0.5, 0.6) is 0 Å². The second kappa shape index (κ2) is 6.64. The molecule has 0 aliphatic heterocycles. The fourth-order valence-electron chi connectivity index (χ4n) is 3.25. The highest BCUT2D eigenvalue weighted by Gasteiger charge is 2.16. The molecule has 0 aliphatic rings. The minimum absolute atomic E-state index is 0.101. The molecule has 0 unspecified atom stereocenters. The molecule has 0 atom stereocenters. The Morgan fingerprint density at radius 1 is 1.31 bits per heavy atom. The number of nitrogens with zero attached hydrogens (tertiary/aromatic N) is 3. The standard InChI is InChI=1S/C19H19BrN4O2/c1-12-5-3-6-14-13(12)11-22-24(14)8-4-7-21-19(25)16-9-17-15(23(16)2)10-18(20)26-17/h3,5-6,9-11H,4,7-8H2,1-2H3,(H,21,25). The Morgan fingerprint density at radius 3 is 2.96 bits per heavy atom. The SMILES string of the molecule is Cc1cccc2c1cnn2CCCNC(=O)c1cc2oc(Br)cc2n1C. The molecule has 0 spiro atoms. The molecule has 0 fully saturated rings. The smallest absolute Gasteiger partial charge is 0.268 e. The van der Waals surface area contributed by atoms with Crippen LogP contribution in [-0.2, 0) is 13.6 Å². The third kappa shape index (κ3) is 2.92. The summed E-state index contributed by atoms with van der Waals surface area (Å²) in [4.78, 5) is 12.4. The molecule has 3 heterocycles. The predicted molar refractivity (Wildman–Crippen MR) is 104 cm³/mol. The number of aromatic nitrogens is 3. The highest BCUT2D eigenvalue weighted by atomic mass is 79.9. The lowest BCUT2D eigenvalue weighted by atomic mass is 10.1. The normalized spacial score (nSPS) is 11.5. The van der Waals surface area contributed by atoms with Crippen LogP contribution in [0.4, 0.5) is 0 Å². The average molecular weight is 415 g/mol. The number of hydrogen-bond acceptors (Lipinski definition) is 3. The zero-order valence-corrected chi connectivity index (χ0v) is 16.2. The first-order valence-electron chi connectivity index (χ1n) is 8.48. The number of carbonyl (C=O) groups is 1. The molecule has 0 radical (unpaired) electrons. The van der Waals surface area contributed by atoms with Gasteiger partial charge in [-0.1, -0.05) is 12.1 Å². The number of halogens is 1. The van der Waals surface area contributed by atoms with Crippen molar-refractivity contribution in [2.75, 3.05) is 6.54 Å². The number of carbonyl (C=O) groups excluding carboxylic acids is 1. The van der Waals surface area contributed by atoms with E-state index in [1.54, 1.807) is 6.07 Å². The van der Waals surface area contributed by atoms with Gasteiger partial charge in [0.1, 0.15) is 5.69 Å². The molecule has 134 valence electrons. The van der Waals surface area contributed by atoms with E-state index in [0.717, 1.165) is 24.0 Å². The molecule has 1 amide bonds. The first-order valence-corrected chi connectivity index (χ1v) is 9.28. The second-order valence-electron chi connectivity index (χ2n) is 6.37. The predicted octanol–water partition coefficient (Wildman–Crippen LogP) is 4.01. The van der Waals surface area contributed by atoms with Crippen LogP contribution < -0.4 is 5.32 Å². The van der Waals surface area contributed by atoms with E-state index in [1.807, 2.05) is 34.6 Å². The first-order chi connectivity index (χ1) is 12.5. The van der Waals surface area contributed by atoms with Gasteiger partial charge in [-0.2, -0.15) is 5.10 Å². The lowest BCUT2D eigenvalue weighted by molar-refractivity contribution is 0.0945. The molecular weight excluding hydrogens is 396 g/mol. The van der Waals surface area contributed by atoms with Crippen LogP contribution in [0, 0.1) is 6.92 Å². The molecular formula is C19H19BrN4O2. The van der Waals surface area contributed by atoms with Crippen molar-refractivity contribution >= 4 is 43.8 Å². The van der Waals surface area contributed by atoms with Crippen molar-refractivity contribution in [1.29, 1.82) is 0 Å². The van der Waals surface area contributed by atoms with Crippen molar-refractivity contribution in [3.63, 3.8) is 0 Å². The summed E-state index contributed by atoms with van der Waals surface area (Å²) in [6.45, 7) is 3.43. The van der Waals surface area contributed by atoms with Gasteiger partial charge in [-0.3, -0.25) is 9.48 Å². The largest absolute Gasteiger partial charge is 0.448 e. The summed E-state index contributed by atoms with van der Waals surface area (Å²) < 4.78 is 9.99. The Labute approximate surface area is 158 Å². The van der Waals surface area contributed by atoms with E-state index in [4.69, 9.17) is 4.42 Å². The van der Waals surface area contributed by atoms with Crippen LogP contribution in [0.1, 0.15) is 22.5 Å². The van der Waals surface area contributed by atoms with Crippen molar-refractivity contribution in [1.82, 2.24) is 19.7 Å². The van der Waals surface area contributed by atoms with E-state index in [0.29, 0.717) is 22.5 Å². The maximum Gasteiger partial charge on any atom is 0.268 e. The number of amides is 1. The van der Waals surface area contributed by atoms with Crippen molar-refractivity contribution in [3.8, 4) is 0 Å². The number of nitrogens with one attached hydrogen (secondary N) is 1. The van der Waals surface area contributed by atoms with E-state index in [-0.39, 0.29) is 5.91 Å². The summed E-state index contributed by atoms with van der Waals surface area (Å²) in [6, 6.07) is 9.82. The van der Waals surface area contributed by atoms with Crippen LogP contribution in [0.2, 0.25) is 0 Å². The Morgan fingerprint density at radius 2 is 2.15 bits per heavy atom. The number of furan rings is 1. The average Bonchev–Trinajstić information content (AvgIpc) is 3.27. The van der Waals surface area contributed by atoms with Gasteiger partial charge in [0.05, 0.1) is 17.2 Å². The van der Waals surface area contributed by atoms with Crippen molar-refractivity contribution < 1.29 is 9.21 Å². The monoisotopic (exact) mass is 414 g/mol. The fraction of sp³-hybridized carbons (Fsp3) is 0.263. The van der Waals surface area contributed by atoms with Gasteiger partial charge in [0.25, 0.3) is 5.91 Å². The first kappa shape index (κ1) is 16.9. The van der Waals surface area contributed by atoms with E-state index in [2.05, 4.69) is 45.4 Å². The van der Waals surface area contributed by atoms with E-state index in [1.165, 1.54) is 10.9 Å². The van der Waals surface area contributed by atoms with Crippen molar-refractivity contribution in [2.24, 2.45) is 7.05 Å². The molecule has 1 N–H and O–H groups in total. The Balaban J connectivity index is 1.38. The Kier molecular flexibility index (Phi) is 4.32. The topological polar surface area (TPSA) is 65.0 Å². The summed E-state index contributed by atoms with van der Waals surface area (Å²) in [7, 11) is 1.86. The van der Waals surface area contributed by atoms with Crippen LogP contribution in [0.3, 0.4) is 0 Å². The molecule has 6 nitrogen and oxygen atoms in total. The minimum atomic E-state index is -0.101. The molecule has 4 rings (SSSR count). The summed E-state index contributed by atoms with van der Waals surface area (Å²) in [5.74, 6) is -0.101. The van der Waals surface area contributed by atoms with Crippen LogP contribution in [-0.4, -0.2) is 26.8 Å². The Hall–Kier alpha value is -2.54. The molecule has 3 aromatic heterocycles. The molecule has 4 aromatic rings. The zero-order chi connectivity index (χ0) is 18.3. The summed E-state index contributed by atoms with van der Waals surface area (Å²) in [6.07, 6.45) is 2.71. The highest BCUT2D eigenvalue weighted by Crippen LogP contribution is 2.26. The van der Waals surface area contributed by atoms with Gasteiger partial charge in [-0.15, -0.1) is 0 Å². The summed E-state index contributed by atoms with van der Waals surface area (Å²) >= 11 is 3.30. The summed E-state index contributed by atoms with van der Waals surface area (Å²) in [5, 5.41) is 8.61.